The molecule has 0 bridgehead atoms. The molecule has 1 heterocycles. The zero-order valence-electron chi connectivity index (χ0n) is 7.83. The van der Waals surface area contributed by atoms with E-state index in [9.17, 15) is 4.79 Å². The minimum Gasteiger partial charge on any atom is -0.379 e. The van der Waals surface area contributed by atoms with Gasteiger partial charge in [-0.1, -0.05) is 0 Å². The second-order valence-electron chi connectivity index (χ2n) is 3.86. The minimum absolute atomic E-state index is 0.290. The van der Waals surface area contributed by atoms with Gasteiger partial charge in [0.05, 0.1) is 18.8 Å². The Morgan fingerprint density at radius 1 is 1.15 bits per heavy atom. The van der Waals surface area contributed by atoms with Gasteiger partial charge in [0.15, 0.2) is 0 Å². The van der Waals surface area contributed by atoms with Crippen LogP contribution in [0.2, 0.25) is 0 Å². The quantitative estimate of drug-likeness (QED) is 0.649. The zero-order chi connectivity index (χ0) is 9.10. The molecular formula is C10H16O3. The first-order valence-electron chi connectivity index (χ1n) is 5.09. The molecule has 1 aliphatic carbocycles. The molecule has 2 aliphatic rings. The smallest absolute Gasteiger partial charge is 0.133 e. The Kier molecular flexibility index (Phi) is 2.96. The summed E-state index contributed by atoms with van der Waals surface area (Å²) in [6.45, 7) is 1.57. The van der Waals surface area contributed by atoms with E-state index in [1.165, 1.54) is 0 Å². The van der Waals surface area contributed by atoms with E-state index >= 15 is 0 Å². The van der Waals surface area contributed by atoms with Crippen molar-refractivity contribution in [1.29, 1.82) is 0 Å². The first kappa shape index (κ1) is 9.16. The fraction of sp³-hybridized carbons (Fsp3) is 0.900. The van der Waals surface area contributed by atoms with Crippen molar-refractivity contribution in [1.82, 2.24) is 0 Å². The average Bonchev–Trinajstić information content (AvgIpc) is 2.62. The molecule has 0 amide bonds. The highest BCUT2D eigenvalue weighted by Gasteiger charge is 2.24. The molecule has 3 nitrogen and oxygen atoms in total. The molecule has 2 rings (SSSR count). The maximum Gasteiger partial charge on any atom is 0.133 e. The van der Waals surface area contributed by atoms with Crippen LogP contribution in [0.1, 0.15) is 32.1 Å². The molecule has 0 aromatic carbocycles. The number of hydrogen-bond acceptors (Lipinski definition) is 3. The van der Waals surface area contributed by atoms with Crippen LogP contribution in [-0.4, -0.2) is 31.2 Å². The van der Waals surface area contributed by atoms with Gasteiger partial charge in [-0.3, -0.25) is 4.79 Å². The van der Waals surface area contributed by atoms with E-state index in [2.05, 4.69) is 0 Å². The number of Topliss-reactive ketones (excluding diaryl/α,β-unsaturated/α-hetero) is 1. The van der Waals surface area contributed by atoms with Crippen LogP contribution < -0.4 is 0 Å². The Labute approximate surface area is 78.4 Å². The van der Waals surface area contributed by atoms with E-state index in [1.54, 1.807) is 0 Å². The summed E-state index contributed by atoms with van der Waals surface area (Å²) in [5.74, 6) is 0.391. The Morgan fingerprint density at radius 2 is 1.92 bits per heavy atom. The van der Waals surface area contributed by atoms with Crippen molar-refractivity contribution in [2.75, 3.05) is 13.2 Å². The van der Waals surface area contributed by atoms with Crippen molar-refractivity contribution in [2.45, 2.75) is 44.3 Å². The Balaban J connectivity index is 1.72. The van der Waals surface area contributed by atoms with E-state index < -0.39 is 0 Å². The summed E-state index contributed by atoms with van der Waals surface area (Å²) in [7, 11) is 0. The molecule has 0 unspecified atom stereocenters. The highest BCUT2D eigenvalue weighted by molar-refractivity contribution is 5.79. The Hall–Kier alpha value is -0.410. The molecule has 3 heteroatoms. The molecule has 0 aromatic rings. The molecule has 0 radical (unpaired) electrons. The van der Waals surface area contributed by atoms with Gasteiger partial charge in [0.25, 0.3) is 0 Å². The largest absolute Gasteiger partial charge is 0.379 e. The topological polar surface area (TPSA) is 35.5 Å². The number of ketones is 1. The number of ether oxygens (including phenoxy) is 2. The van der Waals surface area contributed by atoms with Crippen LogP contribution in [0, 0.1) is 0 Å². The standard InChI is InChI=1S/C10H16O3/c11-8-1-3-9(4-2-8)13-10-5-6-12-7-10/h9-10H,1-7H2/t10-/m1/s1. The van der Waals surface area contributed by atoms with Crippen LogP contribution in [0.25, 0.3) is 0 Å². The van der Waals surface area contributed by atoms with Crippen molar-refractivity contribution in [2.24, 2.45) is 0 Å². The van der Waals surface area contributed by atoms with Gasteiger partial charge in [-0.2, -0.15) is 0 Å². The Bertz CT molecular complexity index is 175. The van der Waals surface area contributed by atoms with Crippen molar-refractivity contribution in [3.05, 3.63) is 0 Å². The van der Waals surface area contributed by atoms with E-state index in [-0.39, 0.29) is 0 Å². The molecule has 0 spiro atoms. The Morgan fingerprint density at radius 3 is 2.54 bits per heavy atom. The third-order valence-electron chi connectivity index (χ3n) is 2.76. The van der Waals surface area contributed by atoms with Crippen LogP contribution in [0.5, 0.6) is 0 Å². The lowest BCUT2D eigenvalue weighted by molar-refractivity contribution is -0.124. The predicted molar refractivity (Wildman–Crippen MR) is 47.6 cm³/mol. The first-order chi connectivity index (χ1) is 6.34. The average molecular weight is 184 g/mol. The highest BCUT2D eigenvalue weighted by atomic mass is 16.5. The monoisotopic (exact) mass is 184 g/mol. The molecule has 13 heavy (non-hydrogen) atoms. The molecule has 0 N–H and O–H groups in total. The third kappa shape index (κ3) is 2.51. The highest BCUT2D eigenvalue weighted by Crippen LogP contribution is 2.21. The summed E-state index contributed by atoms with van der Waals surface area (Å²) in [4.78, 5) is 11.0. The van der Waals surface area contributed by atoms with Crippen LogP contribution in [0.15, 0.2) is 0 Å². The summed E-state index contributed by atoms with van der Waals surface area (Å²) < 4.78 is 11.1. The van der Waals surface area contributed by atoms with Gasteiger partial charge in [-0.15, -0.1) is 0 Å². The van der Waals surface area contributed by atoms with Gasteiger partial charge in [0.2, 0.25) is 0 Å². The van der Waals surface area contributed by atoms with E-state index in [1.807, 2.05) is 0 Å². The summed E-state index contributed by atoms with van der Waals surface area (Å²) in [5, 5.41) is 0. The van der Waals surface area contributed by atoms with Gasteiger partial charge in [0.1, 0.15) is 5.78 Å². The van der Waals surface area contributed by atoms with Crippen LogP contribution in [0.4, 0.5) is 0 Å². The summed E-state index contributed by atoms with van der Waals surface area (Å²) in [5.41, 5.74) is 0. The number of rotatable bonds is 2. The van der Waals surface area contributed by atoms with Crippen molar-refractivity contribution < 1.29 is 14.3 Å². The molecule has 1 atom stereocenters. The molecule has 1 saturated heterocycles. The third-order valence-corrected chi connectivity index (χ3v) is 2.76. The fourth-order valence-corrected chi connectivity index (χ4v) is 1.94. The van der Waals surface area contributed by atoms with Crippen molar-refractivity contribution in [3.8, 4) is 0 Å². The van der Waals surface area contributed by atoms with Crippen LogP contribution >= 0.6 is 0 Å². The van der Waals surface area contributed by atoms with Gasteiger partial charge in [-0.25, -0.2) is 0 Å². The van der Waals surface area contributed by atoms with E-state index in [4.69, 9.17) is 9.47 Å². The van der Waals surface area contributed by atoms with Crippen molar-refractivity contribution >= 4 is 5.78 Å². The van der Waals surface area contributed by atoms with Crippen LogP contribution in [-0.2, 0) is 14.3 Å². The van der Waals surface area contributed by atoms with Crippen molar-refractivity contribution in [3.63, 3.8) is 0 Å². The molecule has 0 aromatic heterocycles. The van der Waals surface area contributed by atoms with Gasteiger partial charge in [0, 0.05) is 19.4 Å². The van der Waals surface area contributed by atoms with Gasteiger partial charge >= 0.3 is 0 Å². The molecule has 1 aliphatic heterocycles. The van der Waals surface area contributed by atoms with Gasteiger partial charge in [-0.05, 0) is 19.3 Å². The fourth-order valence-electron chi connectivity index (χ4n) is 1.94. The lowest BCUT2D eigenvalue weighted by atomic mass is 9.96. The van der Waals surface area contributed by atoms with Crippen LogP contribution in [0.3, 0.4) is 0 Å². The van der Waals surface area contributed by atoms with Gasteiger partial charge < -0.3 is 9.47 Å². The SMILES string of the molecule is O=C1CCC(O[C@@H]2CCOC2)CC1. The second kappa shape index (κ2) is 4.20. The zero-order valence-corrected chi connectivity index (χ0v) is 7.83. The lowest BCUT2D eigenvalue weighted by Crippen LogP contribution is -2.27. The summed E-state index contributed by atoms with van der Waals surface area (Å²) in [6, 6.07) is 0. The first-order valence-corrected chi connectivity index (χ1v) is 5.09. The number of hydrogen-bond donors (Lipinski definition) is 0. The van der Waals surface area contributed by atoms with E-state index in [0.29, 0.717) is 30.8 Å². The molecule has 2 fully saturated rings. The maximum atomic E-state index is 11.0. The number of carbonyl (C=O) groups is 1. The number of carbonyl (C=O) groups excluding carboxylic acids is 1. The lowest BCUT2D eigenvalue weighted by Gasteiger charge is -2.24. The van der Waals surface area contributed by atoms with E-state index in [0.717, 1.165) is 32.5 Å². The normalized spacial score (nSPS) is 31.1. The molecule has 1 saturated carbocycles. The summed E-state index contributed by atoms with van der Waals surface area (Å²) in [6.07, 6.45) is 4.86. The summed E-state index contributed by atoms with van der Waals surface area (Å²) >= 11 is 0. The predicted octanol–water partition coefficient (Wildman–Crippen LogP) is 1.30. The molecular weight excluding hydrogens is 168 g/mol. The molecule has 74 valence electrons. The maximum absolute atomic E-state index is 11.0. The second-order valence-corrected chi connectivity index (χ2v) is 3.86. The minimum atomic E-state index is 0.290.